The minimum atomic E-state index is -3.54. The number of amides is 1. The Morgan fingerprint density at radius 2 is 1.78 bits per heavy atom. The summed E-state index contributed by atoms with van der Waals surface area (Å²) < 4.78 is 29.8. The minimum Gasteiger partial charge on any atom is -0.452 e. The molecule has 8 heteroatoms. The van der Waals surface area contributed by atoms with Crippen LogP contribution < -0.4 is 5.32 Å². The van der Waals surface area contributed by atoms with Crippen LogP contribution in [0.3, 0.4) is 0 Å². The van der Waals surface area contributed by atoms with Gasteiger partial charge in [0, 0.05) is 20.1 Å². The van der Waals surface area contributed by atoms with Crippen LogP contribution in [0.15, 0.2) is 29.2 Å². The summed E-state index contributed by atoms with van der Waals surface area (Å²) in [7, 11) is -0.696. The molecule has 1 atom stereocenters. The number of sulfonamides is 1. The highest BCUT2D eigenvalue weighted by Gasteiger charge is 2.18. The number of esters is 1. The van der Waals surface area contributed by atoms with Gasteiger partial charge in [-0.3, -0.25) is 4.79 Å². The van der Waals surface area contributed by atoms with Crippen LogP contribution in [0.5, 0.6) is 0 Å². The molecule has 128 valence electrons. The summed E-state index contributed by atoms with van der Waals surface area (Å²) in [6.07, 6.45) is 0.779. The lowest BCUT2D eigenvalue weighted by Gasteiger charge is -2.12. The molecule has 0 fully saturated rings. The molecule has 1 rings (SSSR count). The maximum atomic E-state index is 11.9. The summed E-state index contributed by atoms with van der Waals surface area (Å²) in [5.41, 5.74) is 0.180. The zero-order valence-corrected chi connectivity index (χ0v) is 14.5. The second-order valence-corrected chi connectivity index (χ2v) is 7.42. The van der Waals surface area contributed by atoms with Gasteiger partial charge in [-0.1, -0.05) is 6.92 Å². The van der Waals surface area contributed by atoms with Crippen molar-refractivity contribution < 1.29 is 22.7 Å². The molecule has 1 N–H and O–H groups in total. The van der Waals surface area contributed by atoms with Crippen LogP contribution in [0.25, 0.3) is 0 Å². The summed E-state index contributed by atoms with van der Waals surface area (Å²) in [5, 5.41) is 2.68. The van der Waals surface area contributed by atoms with Gasteiger partial charge in [-0.15, -0.1) is 0 Å². The molecule has 1 amide bonds. The highest BCUT2D eigenvalue weighted by Crippen LogP contribution is 2.14. The highest BCUT2D eigenvalue weighted by molar-refractivity contribution is 7.89. The largest absolute Gasteiger partial charge is 0.452 e. The normalized spacial score (nSPS) is 12.7. The van der Waals surface area contributed by atoms with Gasteiger partial charge in [0.15, 0.2) is 6.61 Å². The van der Waals surface area contributed by atoms with Crippen LogP contribution in [0, 0.1) is 0 Å². The Hall–Kier alpha value is -1.93. The van der Waals surface area contributed by atoms with Crippen molar-refractivity contribution in [3.05, 3.63) is 29.8 Å². The molecule has 0 aromatic heterocycles. The third kappa shape index (κ3) is 5.33. The lowest BCUT2D eigenvalue weighted by molar-refractivity contribution is -0.124. The van der Waals surface area contributed by atoms with Crippen LogP contribution in [-0.2, 0) is 19.6 Å². The molecule has 0 saturated heterocycles. The van der Waals surface area contributed by atoms with Gasteiger partial charge in [0.25, 0.3) is 5.91 Å². The average Bonchev–Trinajstić information content (AvgIpc) is 2.52. The molecule has 0 aliphatic rings. The van der Waals surface area contributed by atoms with Crippen LogP contribution in [0.2, 0.25) is 0 Å². The van der Waals surface area contributed by atoms with E-state index in [0.29, 0.717) is 0 Å². The Morgan fingerprint density at radius 1 is 1.22 bits per heavy atom. The zero-order chi connectivity index (χ0) is 17.6. The monoisotopic (exact) mass is 342 g/mol. The van der Waals surface area contributed by atoms with E-state index in [1.165, 1.54) is 38.4 Å². The van der Waals surface area contributed by atoms with Crippen molar-refractivity contribution in [1.29, 1.82) is 0 Å². The molecule has 23 heavy (non-hydrogen) atoms. The van der Waals surface area contributed by atoms with E-state index in [-0.39, 0.29) is 29.0 Å². The van der Waals surface area contributed by atoms with Gasteiger partial charge in [0.05, 0.1) is 10.5 Å². The minimum absolute atomic E-state index is 0.0109. The lowest BCUT2D eigenvalue weighted by Crippen LogP contribution is -2.35. The fraction of sp³-hybridized carbons (Fsp3) is 0.467. The zero-order valence-electron chi connectivity index (χ0n) is 13.7. The second kappa shape index (κ2) is 8.07. The number of nitrogens with zero attached hydrogens (tertiary/aromatic N) is 1. The summed E-state index contributed by atoms with van der Waals surface area (Å²) in [5.74, 6) is -1.06. The van der Waals surface area contributed by atoms with Gasteiger partial charge in [-0.25, -0.2) is 17.5 Å². The third-order valence-electron chi connectivity index (χ3n) is 3.22. The second-order valence-electron chi connectivity index (χ2n) is 5.26. The number of carbonyl (C=O) groups excluding carboxylic acids is 2. The fourth-order valence-electron chi connectivity index (χ4n) is 1.61. The molecular formula is C15H22N2O5S. The van der Waals surface area contributed by atoms with E-state index < -0.39 is 16.0 Å². The molecule has 0 aliphatic heterocycles. The molecule has 1 aromatic rings. The molecule has 7 nitrogen and oxygen atoms in total. The number of ether oxygens (including phenoxy) is 1. The SMILES string of the molecule is CC[C@H](C)NC(=O)COC(=O)c1ccc(S(=O)(=O)N(C)C)cc1. The highest BCUT2D eigenvalue weighted by atomic mass is 32.2. The average molecular weight is 342 g/mol. The van der Waals surface area contributed by atoms with Crippen molar-refractivity contribution >= 4 is 21.9 Å². The quantitative estimate of drug-likeness (QED) is 0.747. The molecular weight excluding hydrogens is 320 g/mol. The van der Waals surface area contributed by atoms with E-state index in [9.17, 15) is 18.0 Å². The van der Waals surface area contributed by atoms with E-state index in [0.717, 1.165) is 10.7 Å². The third-order valence-corrected chi connectivity index (χ3v) is 5.05. The van der Waals surface area contributed by atoms with Crippen molar-refractivity contribution in [1.82, 2.24) is 9.62 Å². The van der Waals surface area contributed by atoms with Crippen molar-refractivity contribution in [2.24, 2.45) is 0 Å². The number of benzene rings is 1. The van der Waals surface area contributed by atoms with E-state index in [1.807, 2.05) is 13.8 Å². The van der Waals surface area contributed by atoms with Gasteiger partial charge in [-0.2, -0.15) is 0 Å². The van der Waals surface area contributed by atoms with E-state index in [2.05, 4.69) is 5.32 Å². The fourth-order valence-corrected chi connectivity index (χ4v) is 2.51. The molecule has 0 saturated carbocycles. The Labute approximate surface area is 136 Å². The predicted octanol–water partition coefficient (Wildman–Crippen LogP) is 1.01. The molecule has 0 spiro atoms. The molecule has 0 radical (unpaired) electrons. The molecule has 0 bridgehead atoms. The van der Waals surface area contributed by atoms with Crippen LogP contribution in [0.4, 0.5) is 0 Å². The molecule has 0 unspecified atom stereocenters. The van der Waals surface area contributed by atoms with Crippen molar-refractivity contribution in [2.75, 3.05) is 20.7 Å². The first-order valence-corrected chi connectivity index (χ1v) is 8.61. The molecule has 1 aromatic carbocycles. The maximum Gasteiger partial charge on any atom is 0.338 e. The van der Waals surface area contributed by atoms with E-state index in [1.54, 1.807) is 0 Å². The predicted molar refractivity (Wildman–Crippen MR) is 85.5 cm³/mol. The van der Waals surface area contributed by atoms with Crippen molar-refractivity contribution in [2.45, 2.75) is 31.2 Å². The van der Waals surface area contributed by atoms with Crippen molar-refractivity contribution in [3.8, 4) is 0 Å². The van der Waals surface area contributed by atoms with Gasteiger partial charge < -0.3 is 10.1 Å². The first-order valence-electron chi connectivity index (χ1n) is 7.17. The number of rotatable bonds is 7. The Kier molecular flexibility index (Phi) is 6.71. The Balaban J connectivity index is 2.67. The molecule has 0 aliphatic carbocycles. The molecule has 0 heterocycles. The van der Waals surface area contributed by atoms with Crippen molar-refractivity contribution in [3.63, 3.8) is 0 Å². The lowest BCUT2D eigenvalue weighted by atomic mass is 10.2. The number of hydrogen-bond acceptors (Lipinski definition) is 5. The van der Waals surface area contributed by atoms with Gasteiger partial charge in [0.1, 0.15) is 0 Å². The van der Waals surface area contributed by atoms with Crippen LogP contribution >= 0.6 is 0 Å². The summed E-state index contributed by atoms with van der Waals surface area (Å²) in [6.45, 7) is 3.41. The topological polar surface area (TPSA) is 92.8 Å². The summed E-state index contributed by atoms with van der Waals surface area (Å²) in [6, 6.07) is 5.36. The first-order chi connectivity index (χ1) is 10.7. The first kappa shape index (κ1) is 19.1. The van der Waals surface area contributed by atoms with Gasteiger partial charge in [0.2, 0.25) is 10.0 Å². The Morgan fingerprint density at radius 3 is 2.26 bits per heavy atom. The number of carbonyl (C=O) groups is 2. The summed E-state index contributed by atoms with van der Waals surface area (Å²) in [4.78, 5) is 23.5. The van der Waals surface area contributed by atoms with Crippen LogP contribution in [0.1, 0.15) is 30.6 Å². The summed E-state index contributed by atoms with van der Waals surface area (Å²) >= 11 is 0. The van der Waals surface area contributed by atoms with Crippen LogP contribution in [-0.4, -0.2) is 51.3 Å². The van der Waals surface area contributed by atoms with Gasteiger partial charge >= 0.3 is 5.97 Å². The standard InChI is InChI=1S/C15H22N2O5S/c1-5-11(2)16-14(18)10-22-15(19)12-6-8-13(9-7-12)23(20,21)17(3)4/h6-9,11H,5,10H2,1-4H3,(H,16,18)/t11-/m0/s1. The number of hydrogen-bond donors (Lipinski definition) is 1. The van der Waals surface area contributed by atoms with E-state index in [4.69, 9.17) is 4.74 Å². The van der Waals surface area contributed by atoms with E-state index >= 15 is 0 Å². The number of nitrogens with one attached hydrogen (secondary N) is 1. The Bertz CT molecular complexity index is 653. The van der Waals surface area contributed by atoms with Gasteiger partial charge in [-0.05, 0) is 37.6 Å². The smallest absolute Gasteiger partial charge is 0.338 e. The maximum absolute atomic E-state index is 11.9.